The first-order chi connectivity index (χ1) is 12.8. The van der Waals surface area contributed by atoms with E-state index in [2.05, 4.69) is 19.9 Å². The number of rotatable bonds is 4. The number of nitrogens with two attached hydrogens (primary N) is 1. The van der Waals surface area contributed by atoms with Crippen LogP contribution in [0.2, 0.25) is 0 Å². The van der Waals surface area contributed by atoms with Crippen molar-refractivity contribution in [3.8, 4) is 0 Å². The van der Waals surface area contributed by atoms with Crippen molar-refractivity contribution in [2.75, 3.05) is 20.6 Å². The summed E-state index contributed by atoms with van der Waals surface area (Å²) in [4.78, 5) is 29.5. The predicted octanol–water partition coefficient (Wildman–Crippen LogP) is -0.283. The van der Waals surface area contributed by atoms with E-state index in [4.69, 9.17) is 19.9 Å². The summed E-state index contributed by atoms with van der Waals surface area (Å²) in [5.74, 6) is -0.565. The Bertz CT molecular complexity index is 934. The molecule has 0 radical (unpaired) electrons. The SMILES string of the molecule is CN(C)/C=N/c1nc2c(ncn2[C@@H]2O[C@H](CN)C3OC(C)(C)O[C@@H]32)c(=O)[nH]1. The number of nitrogens with one attached hydrogen (secondary N) is 1. The Labute approximate surface area is 155 Å². The molecule has 1 unspecified atom stereocenters. The molecule has 2 aromatic heterocycles. The van der Waals surface area contributed by atoms with Crippen molar-refractivity contribution in [1.29, 1.82) is 0 Å². The van der Waals surface area contributed by atoms with Crippen molar-refractivity contribution in [3.63, 3.8) is 0 Å². The third-order valence-corrected chi connectivity index (χ3v) is 4.46. The second-order valence-corrected chi connectivity index (χ2v) is 7.29. The molecule has 2 fully saturated rings. The molecule has 4 heterocycles. The lowest BCUT2D eigenvalue weighted by Gasteiger charge is -2.24. The second-order valence-electron chi connectivity index (χ2n) is 7.29. The number of imidazole rings is 1. The summed E-state index contributed by atoms with van der Waals surface area (Å²) in [7, 11) is 3.64. The Kier molecular flexibility index (Phi) is 4.26. The van der Waals surface area contributed by atoms with Gasteiger partial charge in [-0.05, 0) is 13.8 Å². The molecule has 11 heteroatoms. The zero-order chi connectivity index (χ0) is 19.3. The molecule has 0 spiro atoms. The van der Waals surface area contributed by atoms with Gasteiger partial charge >= 0.3 is 0 Å². The van der Waals surface area contributed by atoms with Crippen molar-refractivity contribution >= 4 is 23.5 Å². The maximum absolute atomic E-state index is 12.3. The van der Waals surface area contributed by atoms with E-state index < -0.39 is 12.0 Å². The van der Waals surface area contributed by atoms with Gasteiger partial charge in [0.15, 0.2) is 23.2 Å². The largest absolute Gasteiger partial charge is 0.369 e. The zero-order valence-electron chi connectivity index (χ0n) is 15.6. The van der Waals surface area contributed by atoms with Crippen molar-refractivity contribution < 1.29 is 14.2 Å². The predicted molar refractivity (Wildman–Crippen MR) is 96.8 cm³/mol. The summed E-state index contributed by atoms with van der Waals surface area (Å²) < 4.78 is 19.7. The molecule has 0 saturated carbocycles. The van der Waals surface area contributed by atoms with Crippen molar-refractivity contribution in [3.05, 3.63) is 16.7 Å². The summed E-state index contributed by atoms with van der Waals surface area (Å²) in [5, 5.41) is 0. The summed E-state index contributed by atoms with van der Waals surface area (Å²) >= 11 is 0. The van der Waals surface area contributed by atoms with E-state index >= 15 is 0 Å². The van der Waals surface area contributed by atoms with Crippen molar-refractivity contribution in [2.24, 2.45) is 10.7 Å². The maximum Gasteiger partial charge on any atom is 0.280 e. The molecule has 0 amide bonds. The Morgan fingerprint density at radius 2 is 2.15 bits per heavy atom. The molecular weight excluding hydrogens is 354 g/mol. The molecular formula is C16H23N7O4. The normalized spacial score (nSPS) is 29.7. The number of hydrogen-bond acceptors (Lipinski definition) is 8. The van der Waals surface area contributed by atoms with Gasteiger partial charge in [-0.3, -0.25) is 14.3 Å². The van der Waals surface area contributed by atoms with E-state index in [9.17, 15) is 4.79 Å². The lowest BCUT2D eigenvalue weighted by Crippen LogP contribution is -2.34. The van der Waals surface area contributed by atoms with Gasteiger partial charge in [0.1, 0.15) is 18.3 Å². The standard InChI is InChI=1S/C16H23N7O4/c1-16(2)26-10-8(5-17)25-14(11(10)27-16)23-7-18-9-12(23)20-15(21-13(9)24)19-6-22(3)4/h6-8,10-11,14H,5,17H2,1-4H3,(H,20,21,24)/b19-6+/t8-,10?,11+,14-/m1/s1. The molecule has 2 aliphatic rings. The lowest BCUT2D eigenvalue weighted by molar-refractivity contribution is -0.195. The summed E-state index contributed by atoms with van der Waals surface area (Å²) in [6.07, 6.45) is 1.49. The Hall–Kier alpha value is -2.34. The fourth-order valence-corrected chi connectivity index (χ4v) is 3.40. The number of nitrogens with zero attached hydrogens (tertiary/aromatic N) is 5. The van der Waals surface area contributed by atoms with Gasteiger partial charge in [-0.1, -0.05) is 0 Å². The van der Waals surface area contributed by atoms with Gasteiger partial charge in [0.25, 0.3) is 5.56 Å². The number of H-pyrrole nitrogens is 1. The molecule has 0 aliphatic carbocycles. The van der Waals surface area contributed by atoms with Crippen LogP contribution in [0.15, 0.2) is 16.1 Å². The molecule has 11 nitrogen and oxygen atoms in total. The quantitative estimate of drug-likeness (QED) is 0.549. The van der Waals surface area contributed by atoms with Crippen LogP contribution in [0, 0.1) is 0 Å². The van der Waals surface area contributed by atoms with E-state index in [1.54, 1.807) is 15.8 Å². The molecule has 2 saturated heterocycles. The van der Waals surface area contributed by atoms with E-state index in [1.165, 1.54) is 6.33 Å². The first-order valence-corrected chi connectivity index (χ1v) is 8.68. The third kappa shape index (κ3) is 3.12. The molecule has 0 aromatic carbocycles. The van der Waals surface area contributed by atoms with Crippen LogP contribution in [0.25, 0.3) is 11.2 Å². The number of aromatic amines is 1. The minimum Gasteiger partial charge on any atom is -0.369 e. The molecule has 4 atom stereocenters. The van der Waals surface area contributed by atoms with Gasteiger partial charge in [-0.25, -0.2) is 9.98 Å². The first kappa shape index (κ1) is 18.0. The van der Waals surface area contributed by atoms with Crippen molar-refractivity contribution in [2.45, 2.75) is 44.2 Å². The summed E-state index contributed by atoms with van der Waals surface area (Å²) in [6.45, 7) is 3.98. The van der Waals surface area contributed by atoms with Gasteiger partial charge in [-0.15, -0.1) is 0 Å². The average Bonchev–Trinajstić information content (AvgIpc) is 3.23. The van der Waals surface area contributed by atoms with E-state index in [1.807, 2.05) is 27.9 Å². The fourth-order valence-electron chi connectivity index (χ4n) is 3.40. The Morgan fingerprint density at radius 1 is 1.41 bits per heavy atom. The van der Waals surface area contributed by atoms with Crippen LogP contribution < -0.4 is 11.3 Å². The summed E-state index contributed by atoms with van der Waals surface area (Å²) in [6, 6.07) is 0. The van der Waals surface area contributed by atoms with Gasteiger partial charge in [-0.2, -0.15) is 4.98 Å². The molecule has 0 bridgehead atoms. The molecule has 2 aromatic rings. The third-order valence-electron chi connectivity index (χ3n) is 4.46. The van der Waals surface area contributed by atoms with Crippen LogP contribution in [0.3, 0.4) is 0 Å². The van der Waals surface area contributed by atoms with Crippen LogP contribution in [0.4, 0.5) is 5.95 Å². The lowest BCUT2D eigenvalue weighted by atomic mass is 10.1. The van der Waals surface area contributed by atoms with Gasteiger partial charge in [0, 0.05) is 20.6 Å². The number of aliphatic imine (C=N–C) groups is 1. The monoisotopic (exact) mass is 377 g/mol. The smallest absolute Gasteiger partial charge is 0.280 e. The van der Waals surface area contributed by atoms with E-state index in [0.717, 1.165) is 0 Å². The Balaban J connectivity index is 1.76. The highest BCUT2D eigenvalue weighted by molar-refractivity contribution is 5.71. The topological polar surface area (TPSA) is 133 Å². The Morgan fingerprint density at radius 3 is 2.85 bits per heavy atom. The van der Waals surface area contributed by atoms with Crippen LogP contribution in [-0.2, 0) is 14.2 Å². The first-order valence-electron chi connectivity index (χ1n) is 8.68. The molecule has 146 valence electrons. The minimum atomic E-state index is -0.743. The number of aromatic nitrogens is 4. The highest BCUT2D eigenvalue weighted by atomic mass is 16.8. The second kappa shape index (κ2) is 6.37. The van der Waals surface area contributed by atoms with Crippen LogP contribution in [0.5, 0.6) is 0 Å². The number of hydrogen-bond donors (Lipinski definition) is 2. The van der Waals surface area contributed by atoms with Gasteiger partial charge < -0.3 is 24.8 Å². The highest BCUT2D eigenvalue weighted by Crippen LogP contribution is 2.43. The number of ether oxygens (including phenoxy) is 3. The van der Waals surface area contributed by atoms with Crippen LogP contribution >= 0.6 is 0 Å². The minimum absolute atomic E-state index is 0.178. The van der Waals surface area contributed by atoms with Crippen molar-refractivity contribution in [1.82, 2.24) is 24.4 Å². The van der Waals surface area contributed by atoms with Gasteiger partial charge in [0.05, 0.1) is 12.7 Å². The molecule has 3 N–H and O–H groups in total. The molecule has 4 rings (SSSR count). The van der Waals surface area contributed by atoms with Gasteiger partial charge in [0.2, 0.25) is 5.95 Å². The number of fused-ring (bicyclic) bond motifs is 2. The van der Waals surface area contributed by atoms with Crippen LogP contribution in [0.1, 0.15) is 20.1 Å². The average molecular weight is 377 g/mol. The zero-order valence-corrected chi connectivity index (χ0v) is 15.6. The summed E-state index contributed by atoms with van der Waals surface area (Å²) in [5.41, 5.74) is 6.03. The van der Waals surface area contributed by atoms with Crippen LogP contribution in [-0.4, -0.2) is 75.5 Å². The molecule has 27 heavy (non-hydrogen) atoms. The maximum atomic E-state index is 12.3. The fraction of sp³-hybridized carbons (Fsp3) is 0.625. The van der Waals surface area contributed by atoms with E-state index in [-0.39, 0.29) is 41.9 Å². The highest BCUT2D eigenvalue weighted by Gasteiger charge is 2.55. The molecule has 2 aliphatic heterocycles. The van der Waals surface area contributed by atoms with E-state index in [0.29, 0.717) is 5.65 Å².